The minimum absolute atomic E-state index is 0.0507. The van der Waals surface area contributed by atoms with Crippen LogP contribution in [0, 0.1) is 0 Å². The van der Waals surface area contributed by atoms with Gasteiger partial charge in [-0.1, -0.05) is 11.8 Å². The van der Waals surface area contributed by atoms with Crippen molar-refractivity contribution in [2.24, 2.45) is 0 Å². The Labute approximate surface area is 198 Å². The number of furan rings is 1. The molecule has 0 saturated carbocycles. The Morgan fingerprint density at radius 2 is 2.00 bits per heavy atom. The lowest BCUT2D eigenvalue weighted by Crippen LogP contribution is -2.17. The summed E-state index contributed by atoms with van der Waals surface area (Å²) in [6.07, 6.45) is 4.98. The number of anilines is 1. The Morgan fingerprint density at radius 1 is 1.15 bits per heavy atom. The van der Waals surface area contributed by atoms with E-state index in [2.05, 4.69) is 20.5 Å². The van der Waals surface area contributed by atoms with Crippen molar-refractivity contribution in [2.45, 2.75) is 18.6 Å². The van der Waals surface area contributed by atoms with E-state index in [1.54, 1.807) is 30.8 Å². The van der Waals surface area contributed by atoms with E-state index in [0.717, 1.165) is 11.3 Å². The summed E-state index contributed by atoms with van der Waals surface area (Å²) < 4.78 is 18.1. The lowest BCUT2D eigenvalue weighted by atomic mass is 10.1. The van der Waals surface area contributed by atoms with E-state index < -0.39 is 0 Å². The second-order valence-electron chi connectivity index (χ2n) is 7.36. The van der Waals surface area contributed by atoms with Gasteiger partial charge in [0.1, 0.15) is 5.76 Å². The molecule has 34 heavy (non-hydrogen) atoms. The van der Waals surface area contributed by atoms with Gasteiger partial charge < -0.3 is 19.2 Å². The molecule has 0 bridgehead atoms. The minimum Gasteiger partial charge on any atom is -0.467 e. The lowest BCUT2D eigenvalue weighted by molar-refractivity contribution is -0.113. The summed E-state index contributed by atoms with van der Waals surface area (Å²) in [5, 5.41) is 11.9. The molecular weight excluding hydrogens is 458 g/mol. The zero-order chi connectivity index (χ0) is 23.5. The normalized spacial score (nSPS) is 12.0. The number of benzene rings is 1. The highest BCUT2D eigenvalue weighted by molar-refractivity contribution is 7.99. The first-order valence-corrected chi connectivity index (χ1v) is 11.3. The van der Waals surface area contributed by atoms with Crippen LogP contribution in [0.3, 0.4) is 0 Å². The van der Waals surface area contributed by atoms with Gasteiger partial charge in [0.2, 0.25) is 12.7 Å². The van der Waals surface area contributed by atoms with Crippen LogP contribution < -0.4 is 14.8 Å². The van der Waals surface area contributed by atoms with Gasteiger partial charge in [0.05, 0.1) is 24.2 Å². The summed E-state index contributed by atoms with van der Waals surface area (Å²) in [5.74, 6) is 1.85. The van der Waals surface area contributed by atoms with Crippen molar-refractivity contribution >= 4 is 29.1 Å². The average Bonchev–Trinajstić information content (AvgIpc) is 3.59. The maximum atomic E-state index is 12.8. The van der Waals surface area contributed by atoms with Gasteiger partial charge in [-0.15, -0.1) is 10.2 Å². The van der Waals surface area contributed by atoms with Gasteiger partial charge in [0.25, 0.3) is 0 Å². The molecule has 0 fully saturated rings. The second-order valence-corrected chi connectivity index (χ2v) is 8.30. The number of nitrogens with zero attached hydrogens (tertiary/aromatic N) is 4. The van der Waals surface area contributed by atoms with Crippen molar-refractivity contribution in [2.75, 3.05) is 17.9 Å². The number of fused-ring (bicyclic) bond motifs is 1. The molecule has 0 atom stereocenters. The number of pyridine rings is 1. The number of carbonyl (C=O) groups excluding carboxylic acids is 2. The van der Waals surface area contributed by atoms with Gasteiger partial charge in [-0.2, -0.15) is 0 Å². The molecule has 1 aromatic carbocycles. The number of hydrogen-bond donors (Lipinski definition) is 1. The molecule has 4 aromatic rings. The Balaban J connectivity index is 1.35. The maximum absolute atomic E-state index is 12.8. The molecule has 1 N–H and O–H groups in total. The zero-order valence-corrected chi connectivity index (χ0v) is 18.9. The number of ketones is 1. The topological polar surface area (TPSA) is 121 Å². The third-order valence-corrected chi connectivity index (χ3v) is 6.00. The van der Waals surface area contributed by atoms with Crippen molar-refractivity contribution in [3.05, 3.63) is 66.4 Å². The van der Waals surface area contributed by atoms with Crippen LogP contribution in [0.4, 0.5) is 5.69 Å². The highest BCUT2D eigenvalue weighted by atomic mass is 32.2. The molecule has 0 radical (unpaired) electrons. The van der Waals surface area contributed by atoms with Crippen LogP contribution >= 0.6 is 11.8 Å². The summed E-state index contributed by atoms with van der Waals surface area (Å²) in [6.45, 7) is 1.90. The number of hydrogen-bond acceptors (Lipinski definition) is 9. The fraction of sp³-hybridized carbons (Fsp3) is 0.174. The fourth-order valence-electron chi connectivity index (χ4n) is 3.46. The number of thioether (sulfide) groups is 1. The molecule has 1 aliphatic heterocycles. The van der Waals surface area contributed by atoms with E-state index in [-0.39, 0.29) is 24.2 Å². The molecule has 4 heterocycles. The predicted molar refractivity (Wildman–Crippen MR) is 123 cm³/mol. The van der Waals surface area contributed by atoms with Crippen molar-refractivity contribution in [1.29, 1.82) is 0 Å². The number of rotatable bonds is 8. The molecule has 3 aromatic heterocycles. The number of aromatic nitrogens is 4. The van der Waals surface area contributed by atoms with E-state index in [9.17, 15) is 9.59 Å². The lowest BCUT2D eigenvalue weighted by Gasteiger charge is -2.11. The first kappa shape index (κ1) is 21.7. The number of carbonyl (C=O) groups is 2. The van der Waals surface area contributed by atoms with Crippen LogP contribution in [-0.2, 0) is 11.3 Å². The molecule has 11 heteroatoms. The molecular formula is C23H19N5O5S. The van der Waals surface area contributed by atoms with Crippen molar-refractivity contribution in [3.8, 4) is 22.9 Å². The molecule has 0 saturated heterocycles. The summed E-state index contributed by atoms with van der Waals surface area (Å²) in [7, 11) is 0. The van der Waals surface area contributed by atoms with Gasteiger partial charge in [0, 0.05) is 29.6 Å². The van der Waals surface area contributed by atoms with E-state index in [1.807, 2.05) is 28.8 Å². The first-order chi connectivity index (χ1) is 16.6. The van der Waals surface area contributed by atoms with Gasteiger partial charge in [-0.3, -0.25) is 19.1 Å². The number of ether oxygens (including phenoxy) is 2. The monoisotopic (exact) mass is 477 g/mol. The average molecular weight is 478 g/mol. The molecule has 172 valence electrons. The van der Waals surface area contributed by atoms with Gasteiger partial charge in [-0.25, -0.2) is 0 Å². The smallest absolute Gasteiger partial charge is 0.234 e. The molecule has 10 nitrogen and oxygen atoms in total. The highest BCUT2D eigenvalue weighted by Gasteiger charge is 2.21. The molecule has 1 aliphatic rings. The fourth-order valence-corrected chi connectivity index (χ4v) is 4.20. The van der Waals surface area contributed by atoms with E-state index in [1.165, 1.54) is 18.7 Å². The van der Waals surface area contributed by atoms with Crippen molar-refractivity contribution in [3.63, 3.8) is 0 Å². The second kappa shape index (κ2) is 9.40. The summed E-state index contributed by atoms with van der Waals surface area (Å²) in [5.41, 5.74) is 1.52. The van der Waals surface area contributed by atoms with Crippen LogP contribution in [-0.4, -0.2) is 44.0 Å². The molecule has 1 amide bonds. The number of amides is 1. The Hall–Kier alpha value is -4.12. The quantitative estimate of drug-likeness (QED) is 0.299. The molecule has 5 rings (SSSR count). The molecule has 0 spiro atoms. The summed E-state index contributed by atoms with van der Waals surface area (Å²) >= 11 is 1.23. The van der Waals surface area contributed by atoms with Crippen molar-refractivity contribution in [1.82, 2.24) is 19.7 Å². The Kier molecular flexibility index (Phi) is 6.00. The maximum Gasteiger partial charge on any atom is 0.234 e. The van der Waals surface area contributed by atoms with Crippen LogP contribution in [0.2, 0.25) is 0 Å². The SMILES string of the molecule is CC(=O)c1cc2c(cc1NC(=O)CSc1nnc(-c3cccnc3)n1Cc1ccco1)OCO2. The van der Waals surface area contributed by atoms with Crippen LogP contribution in [0.25, 0.3) is 11.4 Å². The standard InChI is InChI=1S/C23H19N5O5S/c1-14(29)17-8-19-20(33-13-32-19)9-18(17)25-21(30)12-34-23-27-26-22(15-4-2-6-24-10-15)28(23)11-16-5-3-7-31-16/h2-10H,11-13H2,1H3,(H,25,30). The van der Waals surface area contributed by atoms with Gasteiger partial charge >= 0.3 is 0 Å². The summed E-state index contributed by atoms with van der Waals surface area (Å²) in [6, 6.07) is 10.5. The van der Waals surface area contributed by atoms with Crippen LogP contribution in [0.15, 0.2) is 64.6 Å². The number of nitrogens with one attached hydrogen (secondary N) is 1. The van der Waals surface area contributed by atoms with E-state index >= 15 is 0 Å². The highest BCUT2D eigenvalue weighted by Crippen LogP contribution is 2.37. The van der Waals surface area contributed by atoms with Crippen molar-refractivity contribution < 1.29 is 23.5 Å². The largest absolute Gasteiger partial charge is 0.467 e. The predicted octanol–water partition coefficient (Wildman–Crippen LogP) is 3.64. The van der Waals surface area contributed by atoms with E-state index in [4.69, 9.17) is 13.9 Å². The zero-order valence-electron chi connectivity index (χ0n) is 18.1. The third-order valence-electron chi connectivity index (χ3n) is 5.03. The Morgan fingerprint density at radius 3 is 2.74 bits per heavy atom. The van der Waals surface area contributed by atoms with Crippen LogP contribution in [0.1, 0.15) is 23.0 Å². The van der Waals surface area contributed by atoms with E-state index in [0.29, 0.717) is 40.3 Å². The van der Waals surface area contributed by atoms with Crippen LogP contribution in [0.5, 0.6) is 11.5 Å². The number of Topliss-reactive ketones (excluding diaryl/α,β-unsaturated/α-hetero) is 1. The Bertz CT molecular complexity index is 1340. The molecule has 0 unspecified atom stereocenters. The third kappa shape index (κ3) is 4.50. The first-order valence-electron chi connectivity index (χ1n) is 10.3. The van der Waals surface area contributed by atoms with Gasteiger partial charge in [0.15, 0.2) is 28.3 Å². The molecule has 0 aliphatic carbocycles. The summed E-state index contributed by atoms with van der Waals surface area (Å²) in [4.78, 5) is 29.0. The minimum atomic E-state index is -0.304. The van der Waals surface area contributed by atoms with Gasteiger partial charge in [-0.05, 0) is 37.3 Å².